The van der Waals surface area contributed by atoms with Gasteiger partial charge in [-0.05, 0) is 0 Å². The molecule has 0 aromatic heterocycles. The van der Waals surface area contributed by atoms with E-state index in [0.717, 1.165) is 6.08 Å². The topological polar surface area (TPSA) is 122 Å². The van der Waals surface area contributed by atoms with Crippen molar-refractivity contribution in [2.75, 3.05) is 13.2 Å². The Balaban J connectivity index is 6.30. The smallest absolute Gasteiger partial charge is 0.466 e. The minimum atomic E-state index is -6.64. The highest BCUT2D eigenvalue weighted by atomic mass is 32.2. The van der Waals surface area contributed by atoms with E-state index in [1.807, 2.05) is 0 Å². The van der Waals surface area contributed by atoms with Crippen LogP contribution in [0.5, 0.6) is 0 Å². The molecule has 17 heteroatoms. The van der Waals surface area contributed by atoms with Crippen LogP contribution in [0.2, 0.25) is 0 Å². The highest BCUT2D eigenvalue weighted by molar-refractivity contribution is 7.86. The van der Waals surface area contributed by atoms with Crippen molar-refractivity contribution in [3.8, 4) is 0 Å². The van der Waals surface area contributed by atoms with E-state index in [4.69, 9.17) is 0 Å². The maximum absolute atomic E-state index is 13.4. The molecule has 0 radical (unpaired) electrons. The first kappa shape index (κ1) is 26.7. The van der Waals surface area contributed by atoms with Gasteiger partial charge in [-0.1, -0.05) is 12.7 Å². The number of ether oxygens (including phenoxy) is 2. The number of esters is 1. The highest BCUT2D eigenvalue weighted by Gasteiger charge is 2.68. The van der Waals surface area contributed by atoms with Gasteiger partial charge in [0.2, 0.25) is 0 Å². The number of carbonyl (C=O) groups excluding carboxylic acids is 2. The molecule has 0 spiro atoms. The van der Waals surface area contributed by atoms with Gasteiger partial charge in [0, 0.05) is 6.54 Å². The molecule has 0 aliphatic rings. The molecule has 8 nitrogen and oxygen atoms in total. The number of amides is 1. The molecule has 0 rings (SSSR count). The molecule has 0 saturated heterocycles. The SMILES string of the molecule is C=CCNC(=O)C(OCC(F)(F)S(=O)(=O)[O-])(OC(=O)C(=C)C(F)(F)F)C(F)(F)F. The van der Waals surface area contributed by atoms with Gasteiger partial charge < -0.3 is 19.3 Å². The lowest BCUT2D eigenvalue weighted by Gasteiger charge is -2.34. The molecule has 0 bridgehead atoms. The summed E-state index contributed by atoms with van der Waals surface area (Å²) in [5.41, 5.74) is -2.59. The van der Waals surface area contributed by atoms with Crippen LogP contribution in [0.25, 0.3) is 0 Å². The van der Waals surface area contributed by atoms with E-state index >= 15 is 0 Å². The van der Waals surface area contributed by atoms with E-state index in [-0.39, 0.29) is 0 Å². The minimum absolute atomic E-state index is 0.728. The van der Waals surface area contributed by atoms with E-state index in [0.29, 0.717) is 0 Å². The molecule has 0 aliphatic carbocycles. The van der Waals surface area contributed by atoms with Crippen LogP contribution in [0.4, 0.5) is 35.1 Å². The average molecular weight is 464 g/mol. The van der Waals surface area contributed by atoms with Crippen molar-refractivity contribution in [1.82, 2.24) is 5.32 Å². The molecule has 0 aromatic rings. The first-order valence-electron chi connectivity index (χ1n) is 6.65. The molecule has 1 N–H and O–H groups in total. The fourth-order valence-corrected chi connectivity index (χ4v) is 1.46. The molecule has 168 valence electrons. The van der Waals surface area contributed by atoms with Crippen molar-refractivity contribution >= 4 is 22.0 Å². The molecular weight excluding hydrogens is 454 g/mol. The van der Waals surface area contributed by atoms with Crippen LogP contribution in [0.1, 0.15) is 0 Å². The van der Waals surface area contributed by atoms with Gasteiger partial charge in [0.05, 0.1) is 0 Å². The molecule has 1 atom stereocenters. The first-order valence-corrected chi connectivity index (χ1v) is 8.06. The van der Waals surface area contributed by atoms with Crippen LogP contribution in [-0.2, 0) is 29.2 Å². The molecule has 0 aliphatic heterocycles. The fourth-order valence-electron chi connectivity index (χ4n) is 1.26. The third-order valence-corrected chi connectivity index (χ3v) is 3.56. The third-order valence-electron chi connectivity index (χ3n) is 2.71. The molecule has 1 amide bonds. The predicted molar refractivity (Wildman–Crippen MR) is 73.9 cm³/mol. The summed E-state index contributed by atoms with van der Waals surface area (Å²) >= 11 is 0. The lowest BCUT2D eigenvalue weighted by atomic mass is 10.2. The van der Waals surface area contributed by atoms with Gasteiger partial charge in [0.25, 0.3) is 0 Å². The fraction of sp³-hybridized carbons (Fsp3) is 0.500. The summed E-state index contributed by atoms with van der Waals surface area (Å²) < 4.78 is 142. The van der Waals surface area contributed by atoms with Gasteiger partial charge in [0.15, 0.2) is 10.1 Å². The molecular formula is C12H10F8NO7S-. The van der Waals surface area contributed by atoms with Crippen molar-refractivity contribution in [2.45, 2.75) is 23.4 Å². The zero-order valence-corrected chi connectivity index (χ0v) is 14.5. The summed E-state index contributed by atoms with van der Waals surface area (Å²) in [6, 6.07) is 0. The number of carbonyl (C=O) groups is 2. The number of halogens is 8. The van der Waals surface area contributed by atoms with Crippen LogP contribution in [0.3, 0.4) is 0 Å². The second-order valence-corrected chi connectivity index (χ2v) is 6.36. The largest absolute Gasteiger partial charge is 0.743 e. The molecule has 1 unspecified atom stereocenters. The molecule has 0 aromatic carbocycles. The lowest BCUT2D eigenvalue weighted by Crippen LogP contribution is -2.63. The Morgan fingerprint density at radius 3 is 1.90 bits per heavy atom. The Morgan fingerprint density at radius 2 is 1.55 bits per heavy atom. The maximum atomic E-state index is 13.4. The predicted octanol–water partition coefficient (Wildman–Crippen LogP) is 1.36. The summed E-state index contributed by atoms with van der Waals surface area (Å²) in [5.74, 6) is -10.8. The Morgan fingerprint density at radius 1 is 1.07 bits per heavy atom. The van der Waals surface area contributed by atoms with Crippen molar-refractivity contribution in [3.05, 3.63) is 24.8 Å². The molecule has 0 saturated carbocycles. The van der Waals surface area contributed by atoms with Gasteiger partial charge >= 0.3 is 35.3 Å². The van der Waals surface area contributed by atoms with Crippen molar-refractivity contribution in [3.63, 3.8) is 0 Å². The quantitative estimate of drug-likeness (QED) is 0.137. The van der Waals surface area contributed by atoms with Crippen LogP contribution in [-0.4, -0.2) is 61.4 Å². The Kier molecular flexibility index (Phi) is 7.94. The normalized spacial score (nSPS) is 15.2. The second-order valence-electron chi connectivity index (χ2n) is 4.86. The summed E-state index contributed by atoms with van der Waals surface area (Å²) in [6.07, 6.45) is -11.3. The standard InChI is InChI=1S/C12H11F8NO7S/c1-3-4-21-8(23)10(12(18,19)20,27-5-9(13,14)29(24,25)26)28-7(22)6(2)11(15,16)17/h3H,1-2,4-5H2,(H,21,23)(H,24,25,26)/p-1. The summed E-state index contributed by atoms with van der Waals surface area (Å²) in [6.45, 7) is 1.20. The number of nitrogens with one attached hydrogen (secondary N) is 1. The number of hydrogen-bond acceptors (Lipinski definition) is 7. The maximum Gasteiger partial charge on any atom is 0.466 e. The number of hydrogen-bond donors (Lipinski definition) is 1. The molecule has 0 heterocycles. The average Bonchev–Trinajstić information content (AvgIpc) is 2.52. The highest BCUT2D eigenvalue weighted by Crippen LogP contribution is 2.39. The number of rotatable bonds is 9. The van der Waals surface area contributed by atoms with E-state index in [1.165, 1.54) is 5.32 Å². The van der Waals surface area contributed by atoms with Crippen molar-refractivity contribution in [2.24, 2.45) is 0 Å². The zero-order chi connectivity index (χ0) is 23.5. The van der Waals surface area contributed by atoms with Crippen LogP contribution < -0.4 is 5.32 Å². The van der Waals surface area contributed by atoms with Crippen LogP contribution in [0, 0.1) is 0 Å². The lowest BCUT2D eigenvalue weighted by molar-refractivity contribution is -0.353. The van der Waals surface area contributed by atoms with Gasteiger partial charge in [-0.15, -0.1) is 6.58 Å². The minimum Gasteiger partial charge on any atom is -0.743 e. The van der Waals surface area contributed by atoms with Crippen molar-refractivity contribution in [1.29, 1.82) is 0 Å². The van der Waals surface area contributed by atoms with Crippen LogP contribution >= 0.6 is 0 Å². The van der Waals surface area contributed by atoms with Gasteiger partial charge in [-0.3, -0.25) is 4.79 Å². The summed E-state index contributed by atoms with van der Waals surface area (Å²) in [7, 11) is -6.64. The summed E-state index contributed by atoms with van der Waals surface area (Å²) in [4.78, 5) is 23.1. The van der Waals surface area contributed by atoms with E-state index in [1.54, 1.807) is 0 Å². The monoisotopic (exact) mass is 464 g/mol. The zero-order valence-electron chi connectivity index (χ0n) is 13.7. The first-order chi connectivity index (χ1) is 12.7. The third kappa shape index (κ3) is 6.36. The van der Waals surface area contributed by atoms with Gasteiger partial charge in [-0.2, -0.15) is 35.1 Å². The van der Waals surface area contributed by atoms with Crippen molar-refractivity contribution < 1.29 is 67.2 Å². The second kappa shape index (κ2) is 8.62. The van der Waals surface area contributed by atoms with E-state index in [2.05, 4.69) is 22.6 Å². The molecule has 29 heavy (non-hydrogen) atoms. The number of alkyl halides is 8. The van der Waals surface area contributed by atoms with Crippen LogP contribution in [0.15, 0.2) is 24.8 Å². The summed E-state index contributed by atoms with van der Waals surface area (Å²) in [5, 5.41) is -4.31. The Bertz CT molecular complexity index is 774. The van der Waals surface area contributed by atoms with Gasteiger partial charge in [0.1, 0.15) is 12.2 Å². The van der Waals surface area contributed by atoms with E-state index in [9.17, 15) is 57.7 Å². The Hall–Kier alpha value is -2.27. The van der Waals surface area contributed by atoms with E-state index < -0.39 is 64.1 Å². The Labute approximate surface area is 156 Å². The van der Waals surface area contributed by atoms with Gasteiger partial charge in [-0.25, -0.2) is 13.2 Å². The molecule has 0 fully saturated rings.